The van der Waals surface area contributed by atoms with Gasteiger partial charge in [0.2, 0.25) is 0 Å². The van der Waals surface area contributed by atoms with Crippen molar-refractivity contribution in [3.63, 3.8) is 0 Å². The van der Waals surface area contributed by atoms with Crippen molar-refractivity contribution in [2.45, 2.75) is 13.0 Å². The minimum atomic E-state index is 0.121. The molecule has 3 heteroatoms. The van der Waals surface area contributed by atoms with Crippen LogP contribution in [-0.4, -0.2) is 12.1 Å². The molecule has 60 valence electrons. The van der Waals surface area contributed by atoms with E-state index in [0.717, 1.165) is 10.2 Å². The Kier molecular flexibility index (Phi) is 3.02. The summed E-state index contributed by atoms with van der Waals surface area (Å²) < 4.78 is 5.97. The largest absolute Gasteiger partial charge is 0.377 e. The lowest BCUT2D eigenvalue weighted by molar-refractivity contribution is 0.119. The molecule has 0 aromatic carbocycles. The number of hydrogen-bond acceptors (Lipinski definition) is 2. The van der Waals surface area contributed by atoms with Crippen LogP contribution in [-0.2, 0) is 4.74 Å². The minimum absolute atomic E-state index is 0.121. The molecule has 0 aliphatic heterocycles. The summed E-state index contributed by atoms with van der Waals surface area (Å²) in [6.07, 6.45) is 1.92. The summed E-state index contributed by atoms with van der Waals surface area (Å²) in [5, 5.41) is 0. The molecule has 0 saturated heterocycles. The van der Waals surface area contributed by atoms with Crippen LogP contribution in [0.25, 0.3) is 0 Å². The maximum atomic E-state index is 5.12. The monoisotopic (exact) mass is 215 g/mol. The number of aromatic nitrogens is 1. The lowest BCUT2D eigenvalue weighted by Gasteiger charge is -2.07. The summed E-state index contributed by atoms with van der Waals surface area (Å²) in [5.74, 6) is 0. The second-order valence-electron chi connectivity index (χ2n) is 2.29. The highest BCUT2D eigenvalue weighted by molar-refractivity contribution is 9.10. The molecule has 1 atom stereocenters. The first-order valence-electron chi connectivity index (χ1n) is 3.38. The van der Waals surface area contributed by atoms with Crippen molar-refractivity contribution in [1.82, 2.24) is 4.98 Å². The standard InChI is InChI=1S/C8H10BrNO/c1-6(11-2)7-3-4-8(9)10-5-7/h3-6H,1-2H3. The molecule has 0 N–H and O–H groups in total. The predicted molar refractivity (Wildman–Crippen MR) is 47.4 cm³/mol. The van der Waals surface area contributed by atoms with Crippen molar-refractivity contribution in [2.24, 2.45) is 0 Å². The van der Waals surface area contributed by atoms with E-state index < -0.39 is 0 Å². The molecule has 0 fully saturated rings. The van der Waals surface area contributed by atoms with E-state index >= 15 is 0 Å². The maximum Gasteiger partial charge on any atom is 0.106 e. The Hall–Kier alpha value is -0.410. The van der Waals surface area contributed by atoms with Crippen LogP contribution in [0.2, 0.25) is 0 Å². The highest BCUT2D eigenvalue weighted by Gasteiger charge is 2.02. The van der Waals surface area contributed by atoms with Gasteiger partial charge in [0.05, 0.1) is 6.10 Å². The van der Waals surface area contributed by atoms with E-state index in [1.165, 1.54) is 0 Å². The Morgan fingerprint density at radius 2 is 2.27 bits per heavy atom. The summed E-state index contributed by atoms with van der Waals surface area (Å²) in [5.41, 5.74) is 1.09. The number of ether oxygens (including phenoxy) is 1. The van der Waals surface area contributed by atoms with Crippen molar-refractivity contribution in [1.29, 1.82) is 0 Å². The van der Waals surface area contributed by atoms with E-state index in [4.69, 9.17) is 4.74 Å². The molecular formula is C8H10BrNO. The molecule has 0 radical (unpaired) electrons. The first-order valence-corrected chi connectivity index (χ1v) is 4.17. The van der Waals surface area contributed by atoms with E-state index in [9.17, 15) is 0 Å². The van der Waals surface area contributed by atoms with E-state index in [-0.39, 0.29) is 6.10 Å². The Balaban J connectivity index is 2.81. The third-order valence-corrected chi connectivity index (χ3v) is 2.04. The zero-order valence-electron chi connectivity index (χ0n) is 6.54. The molecular weight excluding hydrogens is 206 g/mol. The van der Waals surface area contributed by atoms with Crippen LogP contribution >= 0.6 is 15.9 Å². The first kappa shape index (κ1) is 8.68. The van der Waals surface area contributed by atoms with Crippen LogP contribution in [0.3, 0.4) is 0 Å². The summed E-state index contributed by atoms with van der Waals surface area (Å²) in [6, 6.07) is 3.90. The van der Waals surface area contributed by atoms with Crippen molar-refractivity contribution < 1.29 is 4.74 Å². The Morgan fingerprint density at radius 3 is 2.73 bits per heavy atom. The molecule has 1 heterocycles. The lowest BCUT2D eigenvalue weighted by Crippen LogP contribution is -1.95. The number of methoxy groups -OCH3 is 1. The summed E-state index contributed by atoms with van der Waals surface area (Å²) in [6.45, 7) is 1.99. The molecule has 0 aliphatic rings. The second kappa shape index (κ2) is 3.83. The summed E-state index contributed by atoms with van der Waals surface area (Å²) in [7, 11) is 1.69. The summed E-state index contributed by atoms with van der Waals surface area (Å²) in [4.78, 5) is 4.08. The van der Waals surface area contributed by atoms with Crippen LogP contribution in [0.1, 0.15) is 18.6 Å². The third kappa shape index (κ3) is 2.27. The van der Waals surface area contributed by atoms with Crippen molar-refractivity contribution in [3.05, 3.63) is 28.5 Å². The molecule has 1 rings (SSSR count). The van der Waals surface area contributed by atoms with Gasteiger partial charge in [0.1, 0.15) is 4.60 Å². The normalized spacial score (nSPS) is 13.0. The van der Waals surface area contributed by atoms with Crippen LogP contribution in [0.4, 0.5) is 0 Å². The fourth-order valence-corrected chi connectivity index (χ4v) is 0.998. The smallest absolute Gasteiger partial charge is 0.106 e. The molecule has 0 amide bonds. The molecule has 11 heavy (non-hydrogen) atoms. The molecule has 1 unspecified atom stereocenters. The van der Waals surface area contributed by atoms with E-state index in [2.05, 4.69) is 20.9 Å². The van der Waals surface area contributed by atoms with Crippen molar-refractivity contribution >= 4 is 15.9 Å². The number of halogens is 1. The zero-order chi connectivity index (χ0) is 8.27. The average Bonchev–Trinajstić information content (AvgIpc) is 2.05. The highest BCUT2D eigenvalue weighted by atomic mass is 79.9. The second-order valence-corrected chi connectivity index (χ2v) is 3.10. The van der Waals surface area contributed by atoms with Crippen LogP contribution in [0.5, 0.6) is 0 Å². The number of pyridine rings is 1. The van der Waals surface area contributed by atoms with Crippen LogP contribution in [0, 0.1) is 0 Å². The molecule has 1 aromatic heterocycles. The predicted octanol–water partition coefficient (Wildman–Crippen LogP) is 2.55. The van der Waals surface area contributed by atoms with Gasteiger partial charge >= 0.3 is 0 Å². The fourth-order valence-electron chi connectivity index (χ4n) is 0.764. The number of nitrogens with zero attached hydrogens (tertiary/aromatic N) is 1. The van der Waals surface area contributed by atoms with E-state index in [1.54, 1.807) is 13.3 Å². The van der Waals surface area contributed by atoms with Gasteiger partial charge in [0, 0.05) is 13.3 Å². The molecule has 0 saturated carbocycles. The quantitative estimate of drug-likeness (QED) is 0.708. The Labute approximate surface area is 74.7 Å². The first-order chi connectivity index (χ1) is 5.24. The minimum Gasteiger partial charge on any atom is -0.377 e. The molecule has 0 bridgehead atoms. The topological polar surface area (TPSA) is 22.1 Å². The van der Waals surface area contributed by atoms with Gasteiger partial charge in [-0.3, -0.25) is 0 Å². The van der Waals surface area contributed by atoms with E-state index in [1.807, 2.05) is 19.1 Å². The van der Waals surface area contributed by atoms with Gasteiger partial charge < -0.3 is 4.74 Å². The molecule has 0 spiro atoms. The Bertz CT molecular complexity index is 222. The number of rotatable bonds is 2. The highest BCUT2D eigenvalue weighted by Crippen LogP contribution is 2.15. The SMILES string of the molecule is COC(C)c1ccc(Br)nc1. The maximum absolute atomic E-state index is 5.12. The van der Waals surface area contributed by atoms with Gasteiger partial charge in [0.25, 0.3) is 0 Å². The molecule has 2 nitrogen and oxygen atoms in total. The fraction of sp³-hybridized carbons (Fsp3) is 0.375. The van der Waals surface area contributed by atoms with Gasteiger partial charge in [-0.25, -0.2) is 4.98 Å². The van der Waals surface area contributed by atoms with Gasteiger partial charge in [-0.15, -0.1) is 0 Å². The lowest BCUT2D eigenvalue weighted by atomic mass is 10.2. The summed E-state index contributed by atoms with van der Waals surface area (Å²) >= 11 is 3.26. The van der Waals surface area contributed by atoms with Gasteiger partial charge in [-0.05, 0) is 34.5 Å². The van der Waals surface area contributed by atoms with Gasteiger partial charge in [-0.1, -0.05) is 6.07 Å². The molecule has 0 aliphatic carbocycles. The van der Waals surface area contributed by atoms with Crippen LogP contribution < -0.4 is 0 Å². The van der Waals surface area contributed by atoms with Crippen LogP contribution in [0.15, 0.2) is 22.9 Å². The van der Waals surface area contributed by atoms with Crippen molar-refractivity contribution in [3.8, 4) is 0 Å². The van der Waals surface area contributed by atoms with Gasteiger partial charge in [-0.2, -0.15) is 0 Å². The average molecular weight is 216 g/mol. The Morgan fingerprint density at radius 1 is 1.55 bits per heavy atom. The van der Waals surface area contributed by atoms with Gasteiger partial charge in [0.15, 0.2) is 0 Å². The number of hydrogen-bond donors (Lipinski definition) is 0. The van der Waals surface area contributed by atoms with E-state index in [0.29, 0.717) is 0 Å². The zero-order valence-corrected chi connectivity index (χ0v) is 8.13. The molecule has 1 aromatic rings. The van der Waals surface area contributed by atoms with Crippen molar-refractivity contribution in [2.75, 3.05) is 7.11 Å². The third-order valence-electron chi connectivity index (χ3n) is 1.57.